The summed E-state index contributed by atoms with van der Waals surface area (Å²) in [5.41, 5.74) is 1.81. The van der Waals surface area contributed by atoms with Crippen molar-refractivity contribution >= 4 is 11.8 Å². The van der Waals surface area contributed by atoms with Crippen LogP contribution in [-0.4, -0.2) is 46.2 Å². The standard InChI is InChI=1S/C20H23N3O3/c24-18-8-4-11-22(18)12-5-9-19(25)23-13-10-17-16(14-23)21-20(26-17)15-6-2-1-3-7-15/h1-3,6-7H,4-5,8-14H2. The van der Waals surface area contributed by atoms with E-state index in [0.29, 0.717) is 44.8 Å². The lowest BCUT2D eigenvalue weighted by Gasteiger charge is -2.25. The van der Waals surface area contributed by atoms with Gasteiger partial charge in [-0.15, -0.1) is 0 Å². The molecule has 0 radical (unpaired) electrons. The van der Waals surface area contributed by atoms with E-state index < -0.39 is 0 Å². The molecule has 0 atom stereocenters. The van der Waals surface area contributed by atoms with Gasteiger partial charge in [-0.25, -0.2) is 4.98 Å². The average molecular weight is 353 g/mol. The van der Waals surface area contributed by atoms with Gasteiger partial charge in [0.05, 0.1) is 6.54 Å². The Kier molecular flexibility index (Phi) is 4.73. The SMILES string of the molecule is O=C1CCCN1CCCC(=O)N1CCc2oc(-c3ccccc3)nc2C1. The van der Waals surface area contributed by atoms with Crippen molar-refractivity contribution in [2.24, 2.45) is 0 Å². The number of fused-ring (bicyclic) bond motifs is 1. The quantitative estimate of drug-likeness (QED) is 0.829. The second kappa shape index (κ2) is 7.32. The first-order chi connectivity index (χ1) is 12.7. The highest BCUT2D eigenvalue weighted by Gasteiger charge is 2.26. The summed E-state index contributed by atoms with van der Waals surface area (Å²) in [6.45, 7) is 2.69. The second-order valence-corrected chi connectivity index (χ2v) is 6.91. The Morgan fingerprint density at radius 3 is 2.77 bits per heavy atom. The average Bonchev–Trinajstić information content (AvgIpc) is 3.28. The molecule has 136 valence electrons. The van der Waals surface area contributed by atoms with Crippen LogP contribution >= 0.6 is 0 Å². The van der Waals surface area contributed by atoms with Gasteiger partial charge in [0.25, 0.3) is 0 Å². The number of rotatable bonds is 5. The number of aromatic nitrogens is 1. The van der Waals surface area contributed by atoms with E-state index in [-0.39, 0.29) is 11.8 Å². The summed E-state index contributed by atoms with van der Waals surface area (Å²) in [6, 6.07) is 9.82. The van der Waals surface area contributed by atoms with Crippen LogP contribution in [0.5, 0.6) is 0 Å². The molecule has 2 aliphatic rings. The smallest absolute Gasteiger partial charge is 0.226 e. The number of carbonyl (C=O) groups excluding carboxylic acids is 2. The van der Waals surface area contributed by atoms with Crippen molar-refractivity contribution in [1.29, 1.82) is 0 Å². The third kappa shape index (κ3) is 3.49. The van der Waals surface area contributed by atoms with Gasteiger partial charge in [0.1, 0.15) is 11.5 Å². The third-order valence-corrected chi connectivity index (χ3v) is 5.09. The van der Waals surface area contributed by atoms with Crippen LogP contribution in [0.1, 0.15) is 37.1 Å². The van der Waals surface area contributed by atoms with Crippen LogP contribution in [-0.2, 0) is 22.6 Å². The molecule has 0 bridgehead atoms. The fourth-order valence-electron chi connectivity index (χ4n) is 3.64. The first-order valence-electron chi connectivity index (χ1n) is 9.30. The molecular weight excluding hydrogens is 330 g/mol. The lowest BCUT2D eigenvalue weighted by Crippen LogP contribution is -2.36. The molecule has 2 aromatic rings. The van der Waals surface area contributed by atoms with Gasteiger partial charge in [0.15, 0.2) is 0 Å². The normalized spacial score (nSPS) is 16.8. The minimum absolute atomic E-state index is 0.131. The number of nitrogens with zero attached hydrogens (tertiary/aromatic N) is 3. The molecule has 4 rings (SSSR count). The number of oxazole rings is 1. The Hall–Kier alpha value is -2.63. The fourth-order valence-corrected chi connectivity index (χ4v) is 3.64. The summed E-state index contributed by atoms with van der Waals surface area (Å²) in [5.74, 6) is 1.86. The van der Waals surface area contributed by atoms with Gasteiger partial charge in [-0.2, -0.15) is 0 Å². The van der Waals surface area contributed by atoms with Gasteiger partial charge in [-0.3, -0.25) is 9.59 Å². The largest absolute Gasteiger partial charge is 0.441 e. The number of likely N-dealkylation sites (tertiary alicyclic amines) is 1. The van der Waals surface area contributed by atoms with E-state index in [9.17, 15) is 9.59 Å². The number of carbonyl (C=O) groups is 2. The first-order valence-corrected chi connectivity index (χ1v) is 9.30. The predicted molar refractivity (Wildman–Crippen MR) is 96.1 cm³/mol. The summed E-state index contributed by atoms with van der Waals surface area (Å²) < 4.78 is 5.89. The number of amides is 2. The molecule has 0 spiro atoms. The van der Waals surface area contributed by atoms with Crippen LogP contribution in [0.15, 0.2) is 34.7 Å². The van der Waals surface area contributed by atoms with E-state index in [1.54, 1.807) is 0 Å². The van der Waals surface area contributed by atoms with Crippen molar-refractivity contribution < 1.29 is 14.0 Å². The highest BCUT2D eigenvalue weighted by atomic mass is 16.4. The molecule has 2 aliphatic heterocycles. The molecular formula is C20H23N3O3. The fraction of sp³-hybridized carbons (Fsp3) is 0.450. The van der Waals surface area contributed by atoms with Gasteiger partial charge in [-0.05, 0) is 25.0 Å². The van der Waals surface area contributed by atoms with Crippen molar-refractivity contribution in [3.05, 3.63) is 41.8 Å². The van der Waals surface area contributed by atoms with Crippen molar-refractivity contribution in [1.82, 2.24) is 14.8 Å². The minimum atomic E-state index is 0.131. The van der Waals surface area contributed by atoms with Gasteiger partial charge in [0, 0.05) is 44.5 Å². The van der Waals surface area contributed by atoms with Crippen LogP contribution in [0, 0.1) is 0 Å². The number of hydrogen-bond donors (Lipinski definition) is 0. The maximum atomic E-state index is 12.5. The van der Waals surface area contributed by atoms with Crippen LogP contribution < -0.4 is 0 Å². The van der Waals surface area contributed by atoms with Gasteiger partial charge in [-0.1, -0.05) is 18.2 Å². The first kappa shape index (κ1) is 16.8. The van der Waals surface area contributed by atoms with Crippen molar-refractivity contribution in [3.8, 4) is 11.5 Å². The van der Waals surface area contributed by atoms with E-state index >= 15 is 0 Å². The Morgan fingerprint density at radius 2 is 2.00 bits per heavy atom. The monoisotopic (exact) mass is 353 g/mol. The zero-order valence-electron chi connectivity index (χ0n) is 14.8. The van der Waals surface area contributed by atoms with Crippen molar-refractivity contribution in [3.63, 3.8) is 0 Å². The predicted octanol–water partition coefficient (Wildman–Crippen LogP) is 2.63. The van der Waals surface area contributed by atoms with Gasteiger partial charge < -0.3 is 14.2 Å². The van der Waals surface area contributed by atoms with Crippen LogP contribution in [0.4, 0.5) is 0 Å². The number of hydrogen-bond acceptors (Lipinski definition) is 4. The molecule has 6 heteroatoms. The van der Waals surface area contributed by atoms with Gasteiger partial charge >= 0.3 is 0 Å². The lowest BCUT2D eigenvalue weighted by molar-refractivity contribution is -0.133. The molecule has 26 heavy (non-hydrogen) atoms. The molecule has 1 aromatic carbocycles. The summed E-state index contributed by atoms with van der Waals surface area (Å²) in [6.07, 6.45) is 3.49. The molecule has 3 heterocycles. The summed E-state index contributed by atoms with van der Waals surface area (Å²) >= 11 is 0. The Balaban J connectivity index is 1.33. The lowest BCUT2D eigenvalue weighted by atomic mass is 10.1. The van der Waals surface area contributed by atoms with Crippen molar-refractivity contribution in [2.45, 2.75) is 38.6 Å². The molecule has 0 N–H and O–H groups in total. The van der Waals surface area contributed by atoms with E-state index in [2.05, 4.69) is 4.98 Å². The maximum Gasteiger partial charge on any atom is 0.226 e. The summed E-state index contributed by atoms with van der Waals surface area (Å²) in [5, 5.41) is 0. The molecule has 0 aliphatic carbocycles. The van der Waals surface area contributed by atoms with Crippen LogP contribution in [0.2, 0.25) is 0 Å². The molecule has 1 aromatic heterocycles. The van der Waals surface area contributed by atoms with E-state index in [4.69, 9.17) is 4.42 Å². The molecule has 1 saturated heterocycles. The molecule has 2 amide bonds. The molecule has 1 fully saturated rings. The summed E-state index contributed by atoms with van der Waals surface area (Å²) in [7, 11) is 0. The topological polar surface area (TPSA) is 66.7 Å². The third-order valence-electron chi connectivity index (χ3n) is 5.09. The summed E-state index contributed by atoms with van der Waals surface area (Å²) in [4.78, 5) is 32.4. The number of benzene rings is 1. The van der Waals surface area contributed by atoms with E-state index in [1.807, 2.05) is 40.1 Å². The second-order valence-electron chi connectivity index (χ2n) is 6.91. The van der Waals surface area contributed by atoms with Gasteiger partial charge in [0.2, 0.25) is 17.7 Å². The highest BCUT2D eigenvalue weighted by Crippen LogP contribution is 2.26. The highest BCUT2D eigenvalue weighted by molar-refractivity contribution is 5.78. The zero-order chi connectivity index (χ0) is 17.9. The van der Waals surface area contributed by atoms with E-state index in [1.165, 1.54) is 0 Å². The Bertz CT molecular complexity index is 800. The Morgan fingerprint density at radius 1 is 1.15 bits per heavy atom. The minimum Gasteiger partial charge on any atom is -0.441 e. The molecule has 0 unspecified atom stereocenters. The van der Waals surface area contributed by atoms with Crippen molar-refractivity contribution in [2.75, 3.05) is 19.6 Å². The van der Waals surface area contributed by atoms with E-state index in [0.717, 1.165) is 36.4 Å². The van der Waals surface area contributed by atoms with Crippen LogP contribution in [0.3, 0.4) is 0 Å². The molecule has 6 nitrogen and oxygen atoms in total. The maximum absolute atomic E-state index is 12.5. The zero-order valence-corrected chi connectivity index (χ0v) is 14.8. The Labute approximate surface area is 152 Å². The van der Waals surface area contributed by atoms with Crippen LogP contribution in [0.25, 0.3) is 11.5 Å². The molecule has 0 saturated carbocycles.